The van der Waals surface area contributed by atoms with E-state index in [0.29, 0.717) is 0 Å². The van der Waals surface area contributed by atoms with Crippen molar-refractivity contribution >= 4 is 33.5 Å². The number of sulfonamides is 1. The van der Waals surface area contributed by atoms with Crippen LogP contribution in [0.1, 0.15) is 12.0 Å². The average molecular weight is 332 g/mol. The van der Waals surface area contributed by atoms with Crippen molar-refractivity contribution in [2.75, 3.05) is 0 Å². The predicted molar refractivity (Wildman–Crippen MR) is 71.7 cm³/mol. The first-order valence-electron chi connectivity index (χ1n) is 5.40. The van der Waals surface area contributed by atoms with E-state index < -0.39 is 39.3 Å². The first-order valence-corrected chi connectivity index (χ1v) is 7.26. The topological polar surface area (TPSA) is 150 Å². The number of amides is 1. The van der Waals surface area contributed by atoms with Crippen LogP contribution in [0.2, 0.25) is 5.02 Å². The minimum Gasteiger partial charge on any atom is -0.480 e. The second kappa shape index (κ2) is 6.53. The zero-order valence-corrected chi connectivity index (χ0v) is 12.0. The Hall–Kier alpha value is -2.15. The van der Waals surface area contributed by atoms with Gasteiger partial charge in [-0.15, -0.1) is 0 Å². The van der Waals surface area contributed by atoms with Gasteiger partial charge in [0, 0.05) is 0 Å². The molecule has 0 spiro atoms. The van der Waals surface area contributed by atoms with Gasteiger partial charge in [0.25, 0.3) is 0 Å². The highest BCUT2D eigenvalue weighted by Crippen LogP contribution is 2.22. The molecule has 1 rings (SSSR count). The monoisotopic (exact) mass is 331 g/mol. The van der Waals surface area contributed by atoms with Crippen LogP contribution in [0.25, 0.3) is 0 Å². The number of carbonyl (C=O) groups excluding carboxylic acids is 1. The number of hydrogen-bond acceptors (Lipinski definition) is 5. The largest absolute Gasteiger partial charge is 0.480 e. The van der Waals surface area contributed by atoms with E-state index in [1.165, 1.54) is 6.07 Å². The minimum atomic E-state index is -4.29. The van der Waals surface area contributed by atoms with Crippen LogP contribution in [0.5, 0.6) is 0 Å². The summed E-state index contributed by atoms with van der Waals surface area (Å²) in [6.07, 6.45) is -0.706. The molecule has 0 saturated carbocycles. The normalized spacial score (nSPS) is 12.4. The first kappa shape index (κ1) is 16.9. The van der Waals surface area contributed by atoms with Crippen molar-refractivity contribution in [2.45, 2.75) is 17.4 Å². The molecular formula is C11H10ClN3O5S. The van der Waals surface area contributed by atoms with Gasteiger partial charge in [0.1, 0.15) is 10.9 Å². The molecule has 1 amide bonds. The third-order valence-electron chi connectivity index (χ3n) is 2.35. The number of halogens is 1. The van der Waals surface area contributed by atoms with Gasteiger partial charge in [-0.3, -0.25) is 9.59 Å². The van der Waals surface area contributed by atoms with Crippen LogP contribution >= 0.6 is 11.6 Å². The summed E-state index contributed by atoms with van der Waals surface area (Å²) < 4.78 is 25.9. The van der Waals surface area contributed by atoms with Gasteiger partial charge in [-0.25, -0.2) is 8.42 Å². The molecule has 1 aromatic rings. The van der Waals surface area contributed by atoms with Crippen molar-refractivity contribution < 1.29 is 23.1 Å². The quantitative estimate of drug-likeness (QED) is 0.657. The predicted octanol–water partition coefficient (Wildman–Crippen LogP) is -0.181. The minimum absolute atomic E-state index is 0.144. The summed E-state index contributed by atoms with van der Waals surface area (Å²) in [5, 5.41) is 17.3. The average Bonchev–Trinajstić information content (AvgIpc) is 2.36. The number of aliphatic carboxylic acids is 1. The SMILES string of the molecule is N#Cc1ccc(S(=O)(=O)N[C@H](CC(N)=O)C(=O)O)c(Cl)c1. The number of nitrogens with two attached hydrogens (primary N) is 1. The Labute approximate surface area is 125 Å². The molecular weight excluding hydrogens is 322 g/mol. The molecule has 0 aromatic heterocycles. The summed E-state index contributed by atoms with van der Waals surface area (Å²) in [6.45, 7) is 0. The molecule has 0 radical (unpaired) electrons. The highest BCUT2D eigenvalue weighted by molar-refractivity contribution is 7.89. The lowest BCUT2D eigenvalue weighted by Crippen LogP contribution is -2.43. The van der Waals surface area contributed by atoms with Gasteiger partial charge in [0.2, 0.25) is 15.9 Å². The van der Waals surface area contributed by atoms with Crippen molar-refractivity contribution in [2.24, 2.45) is 5.73 Å². The van der Waals surface area contributed by atoms with Gasteiger partial charge < -0.3 is 10.8 Å². The maximum absolute atomic E-state index is 12.1. The van der Waals surface area contributed by atoms with Crippen molar-refractivity contribution in [1.82, 2.24) is 4.72 Å². The molecule has 4 N–H and O–H groups in total. The molecule has 0 heterocycles. The number of carbonyl (C=O) groups is 2. The van der Waals surface area contributed by atoms with E-state index in [9.17, 15) is 18.0 Å². The van der Waals surface area contributed by atoms with Crippen molar-refractivity contribution in [3.05, 3.63) is 28.8 Å². The summed E-state index contributed by atoms with van der Waals surface area (Å²) >= 11 is 5.75. The Kier molecular flexibility index (Phi) is 5.26. The van der Waals surface area contributed by atoms with Gasteiger partial charge in [0.05, 0.1) is 23.1 Å². The summed E-state index contributed by atoms with van der Waals surface area (Å²) in [4.78, 5) is 21.3. The number of primary amides is 1. The molecule has 10 heteroatoms. The van der Waals surface area contributed by atoms with Crippen LogP contribution in [-0.4, -0.2) is 31.4 Å². The first-order chi connectivity index (χ1) is 9.67. The molecule has 0 aliphatic carbocycles. The smallest absolute Gasteiger partial charge is 0.322 e. The summed E-state index contributed by atoms with van der Waals surface area (Å²) in [5.74, 6) is -2.53. The standard InChI is InChI=1S/C11H10ClN3O5S/c12-7-3-6(5-13)1-2-9(7)21(19,20)15-8(11(17)18)4-10(14)16/h1-3,8,15H,4H2,(H2,14,16)(H,17,18)/t8-/m1/s1. The Morgan fingerprint density at radius 1 is 1.48 bits per heavy atom. The fourth-order valence-corrected chi connectivity index (χ4v) is 3.15. The van der Waals surface area contributed by atoms with Crippen LogP contribution in [0.3, 0.4) is 0 Å². The van der Waals surface area contributed by atoms with Gasteiger partial charge in [-0.05, 0) is 18.2 Å². The summed E-state index contributed by atoms with van der Waals surface area (Å²) in [7, 11) is -4.29. The number of nitrogens with zero attached hydrogens (tertiary/aromatic N) is 1. The Morgan fingerprint density at radius 2 is 2.10 bits per heavy atom. The van der Waals surface area contributed by atoms with Crippen LogP contribution in [0.4, 0.5) is 0 Å². The lowest BCUT2D eigenvalue weighted by atomic mass is 10.2. The Balaban J connectivity index is 3.13. The van der Waals surface area contributed by atoms with Crippen LogP contribution < -0.4 is 10.5 Å². The van der Waals surface area contributed by atoms with E-state index in [4.69, 9.17) is 27.7 Å². The molecule has 21 heavy (non-hydrogen) atoms. The van der Waals surface area contributed by atoms with Gasteiger partial charge in [-0.2, -0.15) is 9.98 Å². The zero-order chi connectivity index (χ0) is 16.2. The molecule has 0 aliphatic heterocycles. The number of nitriles is 1. The second-order valence-corrected chi connectivity index (χ2v) is 6.03. The molecule has 0 fully saturated rings. The van der Waals surface area contributed by atoms with Crippen LogP contribution in [0.15, 0.2) is 23.1 Å². The molecule has 1 atom stereocenters. The molecule has 1 aromatic carbocycles. The highest BCUT2D eigenvalue weighted by Gasteiger charge is 2.28. The molecule has 112 valence electrons. The maximum Gasteiger partial charge on any atom is 0.322 e. The van der Waals surface area contributed by atoms with E-state index in [1.807, 2.05) is 4.72 Å². The lowest BCUT2D eigenvalue weighted by molar-refractivity contribution is -0.140. The summed E-state index contributed by atoms with van der Waals surface area (Å²) in [5.41, 5.74) is 5.00. The van der Waals surface area contributed by atoms with E-state index in [1.54, 1.807) is 6.07 Å². The number of rotatable bonds is 6. The third-order valence-corrected chi connectivity index (χ3v) is 4.31. The van der Waals surface area contributed by atoms with Gasteiger partial charge >= 0.3 is 5.97 Å². The fraction of sp³-hybridized carbons (Fsp3) is 0.182. The number of carboxylic acid groups (broad SMARTS) is 1. The summed E-state index contributed by atoms with van der Waals surface area (Å²) in [6, 6.07) is 3.47. The second-order valence-electron chi connectivity index (χ2n) is 3.94. The highest BCUT2D eigenvalue weighted by atomic mass is 35.5. The number of benzene rings is 1. The zero-order valence-electron chi connectivity index (χ0n) is 10.4. The molecule has 0 unspecified atom stereocenters. The Bertz CT molecular complexity index is 726. The third kappa shape index (κ3) is 4.42. The van der Waals surface area contributed by atoms with Crippen LogP contribution in [-0.2, 0) is 19.6 Å². The molecule has 0 saturated heterocycles. The molecule has 0 bridgehead atoms. The lowest BCUT2D eigenvalue weighted by Gasteiger charge is -2.14. The van der Waals surface area contributed by atoms with E-state index in [0.717, 1.165) is 12.1 Å². The molecule has 0 aliphatic rings. The molecule has 8 nitrogen and oxygen atoms in total. The van der Waals surface area contributed by atoms with Crippen molar-refractivity contribution in [1.29, 1.82) is 5.26 Å². The van der Waals surface area contributed by atoms with Gasteiger partial charge in [-0.1, -0.05) is 11.6 Å². The van der Waals surface area contributed by atoms with E-state index in [2.05, 4.69) is 0 Å². The maximum atomic E-state index is 12.1. The van der Waals surface area contributed by atoms with Crippen molar-refractivity contribution in [3.8, 4) is 6.07 Å². The van der Waals surface area contributed by atoms with Gasteiger partial charge in [0.15, 0.2) is 0 Å². The van der Waals surface area contributed by atoms with E-state index >= 15 is 0 Å². The number of hydrogen-bond donors (Lipinski definition) is 3. The Morgan fingerprint density at radius 3 is 2.52 bits per heavy atom. The van der Waals surface area contributed by atoms with Crippen molar-refractivity contribution in [3.63, 3.8) is 0 Å². The van der Waals surface area contributed by atoms with Crippen LogP contribution in [0, 0.1) is 11.3 Å². The number of nitrogens with one attached hydrogen (secondary N) is 1. The van der Waals surface area contributed by atoms with E-state index in [-0.39, 0.29) is 10.6 Å². The number of carboxylic acids is 1. The fourth-order valence-electron chi connectivity index (χ4n) is 1.42.